The van der Waals surface area contributed by atoms with Crippen molar-refractivity contribution < 1.29 is 14.3 Å². The van der Waals surface area contributed by atoms with E-state index in [1.165, 1.54) is 0 Å². The number of nitrogens with zero attached hydrogens (tertiary/aromatic N) is 2. The molecule has 1 aliphatic rings. The van der Waals surface area contributed by atoms with Gasteiger partial charge in [0, 0.05) is 23.1 Å². The molecule has 0 saturated heterocycles. The predicted octanol–water partition coefficient (Wildman–Crippen LogP) is 3.86. The van der Waals surface area contributed by atoms with Crippen molar-refractivity contribution in [1.29, 1.82) is 0 Å². The van der Waals surface area contributed by atoms with Crippen molar-refractivity contribution in [1.82, 2.24) is 9.97 Å². The van der Waals surface area contributed by atoms with Gasteiger partial charge in [-0.15, -0.1) is 0 Å². The van der Waals surface area contributed by atoms with Gasteiger partial charge in [0.25, 0.3) is 5.91 Å². The van der Waals surface area contributed by atoms with Crippen LogP contribution in [0.3, 0.4) is 0 Å². The second-order valence-corrected chi connectivity index (χ2v) is 6.52. The van der Waals surface area contributed by atoms with Gasteiger partial charge >= 0.3 is 0 Å². The number of anilines is 3. The Morgan fingerprint density at radius 2 is 1.61 bits per heavy atom. The van der Waals surface area contributed by atoms with Gasteiger partial charge in [-0.1, -0.05) is 17.7 Å². The Labute approximate surface area is 162 Å². The Morgan fingerprint density at radius 1 is 0.893 bits per heavy atom. The van der Waals surface area contributed by atoms with Crippen LogP contribution in [-0.4, -0.2) is 29.1 Å². The number of carbonyl (C=O) groups excluding carboxylic acids is 1. The van der Waals surface area contributed by atoms with Gasteiger partial charge in [0.05, 0.1) is 0 Å². The summed E-state index contributed by atoms with van der Waals surface area (Å²) in [5.74, 6) is 1.33. The van der Waals surface area contributed by atoms with Gasteiger partial charge in [-0.25, -0.2) is 9.97 Å². The zero-order valence-electron chi connectivity index (χ0n) is 15.7. The molecule has 0 fully saturated rings. The zero-order valence-corrected chi connectivity index (χ0v) is 15.7. The first-order chi connectivity index (χ1) is 13.6. The van der Waals surface area contributed by atoms with E-state index in [-0.39, 0.29) is 11.6 Å². The summed E-state index contributed by atoms with van der Waals surface area (Å²) >= 11 is 0. The van der Waals surface area contributed by atoms with Crippen LogP contribution in [0.25, 0.3) is 0 Å². The first-order valence-electron chi connectivity index (χ1n) is 8.97. The number of benzene rings is 2. The van der Waals surface area contributed by atoms with E-state index in [4.69, 9.17) is 9.47 Å². The third-order valence-electron chi connectivity index (χ3n) is 4.19. The fraction of sp³-hybridized carbons (Fsp3) is 0.190. The molecule has 0 aliphatic carbocycles. The molecule has 4 rings (SSSR count). The highest BCUT2D eigenvalue weighted by atomic mass is 16.6. The Morgan fingerprint density at radius 3 is 2.39 bits per heavy atom. The number of aromatic nitrogens is 2. The van der Waals surface area contributed by atoms with E-state index in [1.807, 2.05) is 38.1 Å². The van der Waals surface area contributed by atoms with E-state index in [1.54, 1.807) is 24.3 Å². The molecule has 0 bridgehead atoms. The van der Waals surface area contributed by atoms with Crippen molar-refractivity contribution in [2.24, 2.45) is 0 Å². The summed E-state index contributed by atoms with van der Waals surface area (Å²) in [6, 6.07) is 14.8. The number of aryl methyl sites for hydroxylation is 2. The maximum Gasteiger partial charge on any atom is 0.274 e. The van der Waals surface area contributed by atoms with E-state index < -0.39 is 0 Å². The minimum absolute atomic E-state index is 0.275. The average molecular weight is 376 g/mol. The quantitative estimate of drug-likeness (QED) is 0.719. The molecule has 2 aromatic carbocycles. The third-order valence-corrected chi connectivity index (χ3v) is 4.19. The first kappa shape index (κ1) is 17.8. The molecule has 0 unspecified atom stereocenters. The van der Waals surface area contributed by atoms with Crippen molar-refractivity contribution in [3.8, 4) is 11.5 Å². The molecule has 0 atom stereocenters. The number of rotatable bonds is 4. The lowest BCUT2D eigenvalue weighted by Crippen LogP contribution is -2.17. The number of fused-ring (bicyclic) bond motifs is 1. The lowest BCUT2D eigenvalue weighted by Gasteiger charge is -2.19. The van der Waals surface area contributed by atoms with Gasteiger partial charge in [0.2, 0.25) is 5.95 Å². The molecule has 2 N–H and O–H groups in total. The second kappa shape index (κ2) is 7.56. The molecule has 1 aliphatic heterocycles. The molecule has 7 nitrogen and oxygen atoms in total. The standard InChI is InChI=1S/C21H20N4O3/c1-13-3-5-15(6-4-13)24-21-22-14(2)11-17(25-21)20(26)23-16-7-8-18-19(12-16)28-10-9-27-18/h3-8,11-12H,9-10H2,1-2H3,(H,23,26)(H,22,24,25). The largest absolute Gasteiger partial charge is 0.486 e. The fourth-order valence-electron chi connectivity index (χ4n) is 2.82. The normalized spacial score (nSPS) is 12.4. The van der Waals surface area contributed by atoms with Crippen LogP contribution in [0.4, 0.5) is 17.3 Å². The van der Waals surface area contributed by atoms with Crippen LogP contribution in [0, 0.1) is 13.8 Å². The number of amides is 1. The molecule has 142 valence electrons. The highest BCUT2D eigenvalue weighted by Gasteiger charge is 2.15. The lowest BCUT2D eigenvalue weighted by atomic mass is 10.2. The van der Waals surface area contributed by atoms with Crippen LogP contribution in [0.1, 0.15) is 21.7 Å². The van der Waals surface area contributed by atoms with Crippen LogP contribution >= 0.6 is 0 Å². The highest BCUT2D eigenvalue weighted by molar-refractivity contribution is 6.03. The van der Waals surface area contributed by atoms with Crippen molar-refractivity contribution in [2.75, 3.05) is 23.8 Å². The van der Waals surface area contributed by atoms with Gasteiger partial charge in [0.1, 0.15) is 18.9 Å². The smallest absolute Gasteiger partial charge is 0.274 e. The summed E-state index contributed by atoms with van der Waals surface area (Å²) in [7, 11) is 0. The highest BCUT2D eigenvalue weighted by Crippen LogP contribution is 2.32. The van der Waals surface area contributed by atoms with Crippen molar-refractivity contribution in [3.05, 3.63) is 65.5 Å². The second-order valence-electron chi connectivity index (χ2n) is 6.52. The molecular formula is C21H20N4O3. The van der Waals surface area contributed by atoms with Gasteiger partial charge in [-0.05, 0) is 44.2 Å². The van der Waals surface area contributed by atoms with Crippen LogP contribution in [0.5, 0.6) is 11.5 Å². The molecular weight excluding hydrogens is 356 g/mol. The number of ether oxygens (including phenoxy) is 2. The van der Waals surface area contributed by atoms with Gasteiger partial charge in [0.15, 0.2) is 11.5 Å². The van der Waals surface area contributed by atoms with Crippen LogP contribution in [0.2, 0.25) is 0 Å². The summed E-state index contributed by atoms with van der Waals surface area (Å²) < 4.78 is 11.0. The van der Waals surface area contributed by atoms with Crippen LogP contribution in [0.15, 0.2) is 48.5 Å². The van der Waals surface area contributed by atoms with E-state index in [9.17, 15) is 4.79 Å². The number of carbonyl (C=O) groups is 1. The van der Waals surface area contributed by atoms with E-state index >= 15 is 0 Å². The summed E-state index contributed by atoms with van der Waals surface area (Å²) in [6.07, 6.45) is 0. The molecule has 2 heterocycles. The summed E-state index contributed by atoms with van der Waals surface area (Å²) in [6.45, 7) is 4.86. The van der Waals surface area contributed by atoms with Crippen molar-refractivity contribution >= 4 is 23.2 Å². The van der Waals surface area contributed by atoms with Gasteiger partial charge in [-0.3, -0.25) is 4.79 Å². The predicted molar refractivity (Wildman–Crippen MR) is 107 cm³/mol. The number of hydrogen-bond donors (Lipinski definition) is 2. The molecule has 0 spiro atoms. The topological polar surface area (TPSA) is 85.4 Å². The molecule has 3 aromatic rings. The Bertz CT molecular complexity index is 1020. The van der Waals surface area contributed by atoms with Crippen LogP contribution in [-0.2, 0) is 0 Å². The average Bonchev–Trinajstić information content (AvgIpc) is 2.69. The molecule has 1 amide bonds. The Balaban J connectivity index is 1.52. The number of hydrogen-bond acceptors (Lipinski definition) is 6. The van der Waals surface area contributed by atoms with Crippen molar-refractivity contribution in [2.45, 2.75) is 13.8 Å². The number of nitrogens with one attached hydrogen (secondary N) is 2. The van der Waals surface area contributed by atoms with Crippen molar-refractivity contribution in [3.63, 3.8) is 0 Å². The summed E-state index contributed by atoms with van der Waals surface area (Å²) in [4.78, 5) is 21.4. The van der Waals surface area contributed by atoms with E-state index in [0.29, 0.717) is 42.0 Å². The molecule has 7 heteroatoms. The third kappa shape index (κ3) is 4.03. The van der Waals surface area contributed by atoms with Crippen LogP contribution < -0.4 is 20.1 Å². The minimum Gasteiger partial charge on any atom is -0.486 e. The van der Waals surface area contributed by atoms with E-state index in [2.05, 4.69) is 20.6 Å². The zero-order chi connectivity index (χ0) is 19.5. The molecule has 1 aromatic heterocycles. The summed E-state index contributed by atoms with van der Waals surface area (Å²) in [5.41, 5.74) is 3.59. The fourth-order valence-corrected chi connectivity index (χ4v) is 2.82. The molecule has 0 saturated carbocycles. The maximum absolute atomic E-state index is 12.7. The van der Waals surface area contributed by atoms with Gasteiger partial charge < -0.3 is 20.1 Å². The SMILES string of the molecule is Cc1ccc(Nc2nc(C)cc(C(=O)Nc3ccc4c(c3)OCCO4)n2)cc1. The minimum atomic E-state index is -0.325. The van der Waals surface area contributed by atoms with E-state index in [0.717, 1.165) is 11.3 Å². The Kier molecular flexibility index (Phi) is 4.80. The Hall–Kier alpha value is -3.61. The van der Waals surface area contributed by atoms with Gasteiger partial charge in [-0.2, -0.15) is 0 Å². The lowest BCUT2D eigenvalue weighted by molar-refractivity contribution is 0.102. The first-order valence-corrected chi connectivity index (χ1v) is 8.97. The molecule has 28 heavy (non-hydrogen) atoms. The summed E-state index contributed by atoms with van der Waals surface area (Å²) in [5, 5.41) is 5.97. The maximum atomic E-state index is 12.7. The molecule has 0 radical (unpaired) electrons. The monoisotopic (exact) mass is 376 g/mol.